The van der Waals surface area contributed by atoms with Gasteiger partial charge >= 0.3 is 0 Å². The zero-order valence-corrected chi connectivity index (χ0v) is 23.1. The summed E-state index contributed by atoms with van der Waals surface area (Å²) in [4.78, 5) is 5.04. The molecule has 3 aromatic rings. The minimum Gasteiger partial charge on any atom is -0.354 e. The highest BCUT2D eigenvalue weighted by atomic mass is 35.5. The van der Waals surface area contributed by atoms with Crippen molar-refractivity contribution >= 4 is 27.4 Å². The molecule has 1 aromatic heterocycles. The molecule has 0 saturated carbocycles. The first kappa shape index (κ1) is 26.7. The van der Waals surface area contributed by atoms with E-state index >= 15 is 0 Å². The van der Waals surface area contributed by atoms with Gasteiger partial charge in [-0.05, 0) is 55.8 Å². The third-order valence-corrected chi connectivity index (χ3v) is 8.71. The van der Waals surface area contributed by atoms with Gasteiger partial charge in [0.1, 0.15) is 5.82 Å². The number of rotatable bonds is 9. The van der Waals surface area contributed by atoms with Gasteiger partial charge in [0.25, 0.3) is 0 Å². The van der Waals surface area contributed by atoms with Crippen molar-refractivity contribution in [3.63, 3.8) is 0 Å². The molecular formula is C27H36ClN5O2S. The van der Waals surface area contributed by atoms with Gasteiger partial charge in [-0.1, -0.05) is 50.6 Å². The van der Waals surface area contributed by atoms with Crippen LogP contribution in [0.5, 0.6) is 0 Å². The Hall–Kier alpha value is -2.39. The van der Waals surface area contributed by atoms with Crippen molar-refractivity contribution < 1.29 is 8.42 Å². The van der Waals surface area contributed by atoms with E-state index in [2.05, 4.69) is 16.7 Å². The molecular weight excluding hydrogens is 494 g/mol. The van der Waals surface area contributed by atoms with E-state index in [0.717, 1.165) is 55.5 Å². The smallest absolute Gasteiger partial charge is 0.243 e. The number of aryl methyl sites for hydroxylation is 1. The van der Waals surface area contributed by atoms with Crippen molar-refractivity contribution in [2.24, 2.45) is 5.92 Å². The first-order chi connectivity index (χ1) is 17.2. The molecule has 1 aliphatic rings. The van der Waals surface area contributed by atoms with Crippen LogP contribution in [0.3, 0.4) is 0 Å². The number of sulfonamides is 1. The number of para-hydroxylation sites is 1. The van der Waals surface area contributed by atoms with Crippen LogP contribution in [0.1, 0.15) is 32.0 Å². The van der Waals surface area contributed by atoms with Crippen LogP contribution < -0.4 is 4.90 Å². The minimum absolute atomic E-state index is 0.160. The third-order valence-electron chi connectivity index (χ3n) is 6.63. The van der Waals surface area contributed by atoms with Crippen LogP contribution in [-0.4, -0.2) is 66.7 Å². The molecule has 0 aliphatic carbocycles. The highest BCUT2D eigenvalue weighted by Gasteiger charge is 2.31. The lowest BCUT2D eigenvalue weighted by Gasteiger charge is -2.36. The van der Waals surface area contributed by atoms with Gasteiger partial charge in [0.05, 0.1) is 16.3 Å². The number of aromatic nitrogens is 2. The van der Waals surface area contributed by atoms with E-state index in [1.165, 1.54) is 0 Å². The number of nitrogens with zero attached hydrogens (tertiary/aromatic N) is 5. The zero-order chi connectivity index (χ0) is 25.9. The maximum absolute atomic E-state index is 13.8. The molecule has 9 heteroatoms. The second-order valence-corrected chi connectivity index (χ2v) is 12.1. The number of anilines is 1. The summed E-state index contributed by atoms with van der Waals surface area (Å²) in [5, 5.41) is 5.43. The summed E-state index contributed by atoms with van der Waals surface area (Å²) >= 11 is 6.04. The summed E-state index contributed by atoms with van der Waals surface area (Å²) in [6.45, 7) is 13.6. The van der Waals surface area contributed by atoms with Crippen molar-refractivity contribution in [3.8, 4) is 5.69 Å². The predicted molar refractivity (Wildman–Crippen MR) is 147 cm³/mol. The molecule has 1 fully saturated rings. The summed E-state index contributed by atoms with van der Waals surface area (Å²) in [5.41, 5.74) is 2.75. The summed E-state index contributed by atoms with van der Waals surface area (Å²) in [6.07, 6.45) is 0. The second-order valence-electron chi connectivity index (χ2n) is 9.70. The van der Waals surface area contributed by atoms with Gasteiger partial charge in [-0.3, -0.25) is 0 Å². The molecule has 0 N–H and O–H groups in total. The van der Waals surface area contributed by atoms with Crippen LogP contribution in [-0.2, 0) is 16.6 Å². The van der Waals surface area contributed by atoms with Crippen molar-refractivity contribution in [2.75, 3.05) is 44.2 Å². The quantitative estimate of drug-likeness (QED) is 0.397. The summed E-state index contributed by atoms with van der Waals surface area (Å²) in [5.74, 6) is 1.14. The molecule has 2 aromatic carbocycles. The molecule has 0 atom stereocenters. The van der Waals surface area contributed by atoms with Crippen LogP contribution >= 0.6 is 11.6 Å². The highest BCUT2D eigenvalue weighted by Crippen LogP contribution is 2.31. The Morgan fingerprint density at radius 2 is 1.64 bits per heavy atom. The van der Waals surface area contributed by atoms with Crippen molar-refractivity contribution in [2.45, 2.75) is 39.1 Å². The fraction of sp³-hybridized carbons (Fsp3) is 0.444. The van der Waals surface area contributed by atoms with Gasteiger partial charge in [-0.15, -0.1) is 0 Å². The topological polar surface area (TPSA) is 61.7 Å². The molecule has 4 rings (SSSR count). The molecule has 194 valence electrons. The van der Waals surface area contributed by atoms with E-state index in [0.29, 0.717) is 11.6 Å². The number of hydrogen-bond acceptors (Lipinski definition) is 5. The lowest BCUT2D eigenvalue weighted by atomic mass is 10.1. The number of halogens is 1. The van der Waals surface area contributed by atoms with Gasteiger partial charge in [-0.25, -0.2) is 13.1 Å². The SMILES string of the molecule is CCN1CCN(c2c(CN(CC(C)C)S(=O)(=O)c3ccc(Cl)cc3)c(C)nn2-c2ccccc2)CC1. The lowest BCUT2D eigenvalue weighted by Crippen LogP contribution is -2.47. The normalized spacial score (nSPS) is 15.2. The van der Waals surface area contributed by atoms with Crippen LogP contribution in [0.2, 0.25) is 5.02 Å². The van der Waals surface area contributed by atoms with Gasteiger partial charge in [0.2, 0.25) is 10.0 Å². The number of likely N-dealkylation sites (N-methyl/N-ethyl adjacent to an activating group) is 1. The average Bonchev–Trinajstić information content (AvgIpc) is 3.20. The van der Waals surface area contributed by atoms with Gasteiger partial charge in [-0.2, -0.15) is 9.40 Å². The molecule has 0 spiro atoms. The van der Waals surface area contributed by atoms with Gasteiger partial charge in [0, 0.05) is 49.9 Å². The Morgan fingerprint density at radius 3 is 2.22 bits per heavy atom. The van der Waals surface area contributed by atoms with Crippen molar-refractivity contribution in [3.05, 3.63) is 70.9 Å². The summed E-state index contributed by atoms with van der Waals surface area (Å²) < 4.78 is 31.1. The van der Waals surface area contributed by atoms with Crippen LogP contribution in [0.4, 0.5) is 5.82 Å². The monoisotopic (exact) mass is 529 g/mol. The fourth-order valence-corrected chi connectivity index (χ4v) is 6.37. The Kier molecular flexibility index (Phi) is 8.40. The largest absolute Gasteiger partial charge is 0.354 e. The van der Waals surface area contributed by atoms with E-state index in [4.69, 9.17) is 16.7 Å². The van der Waals surface area contributed by atoms with E-state index in [-0.39, 0.29) is 17.4 Å². The minimum atomic E-state index is -3.73. The average molecular weight is 530 g/mol. The van der Waals surface area contributed by atoms with Gasteiger partial charge < -0.3 is 9.80 Å². The lowest BCUT2D eigenvalue weighted by molar-refractivity contribution is 0.269. The Labute approximate surface area is 220 Å². The Balaban J connectivity index is 1.78. The standard InChI is InChI=1S/C27H36ClN5O2S/c1-5-30-15-17-31(18-16-30)27-26(22(4)29-33(27)24-9-7-6-8-10-24)20-32(19-21(2)3)36(34,35)25-13-11-23(28)12-14-25/h6-14,21H,5,15-20H2,1-4H3. The number of hydrogen-bond donors (Lipinski definition) is 0. The maximum atomic E-state index is 13.8. The Bertz CT molecular complexity index is 1250. The van der Waals surface area contributed by atoms with Crippen LogP contribution in [0.25, 0.3) is 5.69 Å². The molecule has 0 bridgehead atoms. The van der Waals surface area contributed by atoms with Gasteiger partial charge in [0.15, 0.2) is 0 Å². The summed E-state index contributed by atoms with van der Waals surface area (Å²) in [6, 6.07) is 16.5. The fourth-order valence-electron chi connectivity index (χ4n) is 4.67. The molecule has 0 radical (unpaired) electrons. The van der Waals surface area contributed by atoms with Crippen molar-refractivity contribution in [1.82, 2.24) is 19.0 Å². The van der Waals surface area contributed by atoms with E-state index in [1.54, 1.807) is 28.6 Å². The second kappa shape index (κ2) is 11.3. The molecule has 7 nitrogen and oxygen atoms in total. The maximum Gasteiger partial charge on any atom is 0.243 e. The predicted octanol–water partition coefficient (Wildman–Crippen LogP) is 4.82. The highest BCUT2D eigenvalue weighted by molar-refractivity contribution is 7.89. The van der Waals surface area contributed by atoms with E-state index < -0.39 is 10.0 Å². The van der Waals surface area contributed by atoms with Crippen molar-refractivity contribution in [1.29, 1.82) is 0 Å². The van der Waals surface area contributed by atoms with Crippen LogP contribution in [0, 0.1) is 12.8 Å². The molecule has 1 saturated heterocycles. The van der Waals surface area contributed by atoms with Crippen LogP contribution in [0.15, 0.2) is 59.5 Å². The number of piperazine rings is 1. The molecule has 2 heterocycles. The van der Waals surface area contributed by atoms with E-state index in [1.807, 2.05) is 55.8 Å². The zero-order valence-electron chi connectivity index (χ0n) is 21.6. The first-order valence-electron chi connectivity index (χ1n) is 12.6. The first-order valence-corrected chi connectivity index (χ1v) is 14.4. The molecule has 1 aliphatic heterocycles. The Morgan fingerprint density at radius 1 is 1.00 bits per heavy atom. The molecule has 0 unspecified atom stereocenters. The van der Waals surface area contributed by atoms with E-state index in [9.17, 15) is 8.42 Å². The molecule has 0 amide bonds. The summed E-state index contributed by atoms with van der Waals surface area (Å²) in [7, 11) is -3.73. The number of benzene rings is 2. The molecule has 36 heavy (non-hydrogen) atoms. The third kappa shape index (κ3) is 5.78.